The Morgan fingerprint density at radius 3 is 2.32 bits per heavy atom. The Bertz CT molecular complexity index is 346. The fraction of sp³-hybridized carbons (Fsp3) is 0.800. The Labute approximate surface area is 138 Å². The van der Waals surface area contributed by atoms with E-state index in [4.69, 9.17) is 9.47 Å². The average molecular weight is 309 g/mol. The summed E-state index contributed by atoms with van der Waals surface area (Å²) in [5.41, 5.74) is 1.49. The maximum absolute atomic E-state index is 5.73. The number of unbranched alkanes of at least 4 members (excludes halogenated alkanes) is 2. The lowest BCUT2D eigenvalue weighted by Gasteiger charge is -2.24. The van der Waals surface area contributed by atoms with E-state index in [-0.39, 0.29) is 0 Å². The van der Waals surface area contributed by atoms with Crippen LogP contribution in [0.5, 0.6) is 0 Å². The van der Waals surface area contributed by atoms with Crippen molar-refractivity contribution >= 4 is 0 Å². The van der Waals surface area contributed by atoms with Crippen LogP contribution < -0.4 is 0 Å². The second kappa shape index (κ2) is 11.0. The first-order valence-electron chi connectivity index (χ1n) is 9.01. The van der Waals surface area contributed by atoms with E-state index in [0.717, 1.165) is 6.42 Å². The molecule has 0 saturated heterocycles. The zero-order valence-electron chi connectivity index (χ0n) is 15.3. The summed E-state index contributed by atoms with van der Waals surface area (Å²) in [6, 6.07) is 0. The van der Waals surface area contributed by atoms with Crippen LogP contribution in [0.2, 0.25) is 0 Å². The first-order valence-corrected chi connectivity index (χ1v) is 9.01. The van der Waals surface area contributed by atoms with E-state index in [0.29, 0.717) is 24.0 Å². The molecule has 128 valence electrons. The van der Waals surface area contributed by atoms with Crippen LogP contribution in [-0.2, 0) is 9.47 Å². The highest BCUT2D eigenvalue weighted by Crippen LogP contribution is 2.40. The lowest BCUT2D eigenvalue weighted by molar-refractivity contribution is 0.0542. The molecule has 0 aromatic rings. The van der Waals surface area contributed by atoms with Gasteiger partial charge < -0.3 is 9.47 Å². The molecule has 0 radical (unpaired) electrons. The summed E-state index contributed by atoms with van der Waals surface area (Å²) in [6.07, 6.45) is 16.0. The van der Waals surface area contributed by atoms with Gasteiger partial charge in [0.1, 0.15) is 0 Å². The highest BCUT2D eigenvalue weighted by Gasteiger charge is 2.41. The van der Waals surface area contributed by atoms with E-state index in [1.54, 1.807) is 0 Å². The summed E-state index contributed by atoms with van der Waals surface area (Å²) < 4.78 is 11.4. The van der Waals surface area contributed by atoms with E-state index in [1.807, 2.05) is 14.2 Å². The third-order valence-electron chi connectivity index (χ3n) is 5.23. The minimum atomic E-state index is 0.394. The van der Waals surface area contributed by atoms with Crippen LogP contribution in [-0.4, -0.2) is 26.4 Å². The molecule has 0 spiro atoms. The smallest absolute Gasteiger partial charge is 0.0627 e. The van der Waals surface area contributed by atoms with Crippen LogP contribution in [0.15, 0.2) is 23.8 Å². The quantitative estimate of drug-likeness (QED) is 0.390. The largest absolute Gasteiger partial charge is 0.381 e. The summed E-state index contributed by atoms with van der Waals surface area (Å²) in [7, 11) is 3.71. The van der Waals surface area contributed by atoms with E-state index in [2.05, 4.69) is 39.0 Å². The van der Waals surface area contributed by atoms with E-state index < -0.39 is 0 Å². The van der Waals surface area contributed by atoms with Crippen molar-refractivity contribution in [2.45, 2.75) is 77.9 Å². The molecule has 2 heteroatoms. The molecule has 1 saturated carbocycles. The van der Waals surface area contributed by atoms with Crippen molar-refractivity contribution < 1.29 is 9.47 Å². The normalized spacial score (nSPS) is 29.6. The Morgan fingerprint density at radius 2 is 1.73 bits per heavy atom. The van der Waals surface area contributed by atoms with E-state index in [9.17, 15) is 0 Å². The van der Waals surface area contributed by atoms with Crippen molar-refractivity contribution in [1.29, 1.82) is 0 Å². The summed E-state index contributed by atoms with van der Waals surface area (Å²) in [5.74, 6) is 1.35. The van der Waals surface area contributed by atoms with Crippen LogP contribution >= 0.6 is 0 Å². The molecule has 22 heavy (non-hydrogen) atoms. The molecule has 1 rings (SSSR count). The Hall–Kier alpha value is -0.600. The number of methoxy groups -OCH3 is 2. The van der Waals surface area contributed by atoms with Crippen molar-refractivity contribution in [3.05, 3.63) is 23.8 Å². The first kappa shape index (κ1) is 19.4. The van der Waals surface area contributed by atoms with Gasteiger partial charge >= 0.3 is 0 Å². The zero-order valence-corrected chi connectivity index (χ0v) is 15.3. The molecule has 0 amide bonds. The van der Waals surface area contributed by atoms with Crippen molar-refractivity contribution in [3.63, 3.8) is 0 Å². The van der Waals surface area contributed by atoms with Gasteiger partial charge in [-0.2, -0.15) is 0 Å². The molecule has 0 N–H and O–H groups in total. The number of rotatable bonds is 10. The number of hydrogen-bond donors (Lipinski definition) is 0. The van der Waals surface area contributed by atoms with E-state index in [1.165, 1.54) is 44.1 Å². The topological polar surface area (TPSA) is 18.5 Å². The molecule has 0 aromatic heterocycles. The molecule has 0 aromatic carbocycles. The lowest BCUT2D eigenvalue weighted by Crippen LogP contribution is -2.23. The van der Waals surface area contributed by atoms with Gasteiger partial charge in [-0.05, 0) is 44.9 Å². The molecule has 1 fully saturated rings. The molecule has 2 nitrogen and oxygen atoms in total. The molecular formula is C20H36O2. The Balaban J connectivity index is 2.33. The van der Waals surface area contributed by atoms with Crippen molar-refractivity contribution in [2.24, 2.45) is 11.8 Å². The monoisotopic (exact) mass is 308 g/mol. The Morgan fingerprint density at radius 1 is 1.05 bits per heavy atom. The second-order valence-electron chi connectivity index (χ2n) is 6.66. The van der Waals surface area contributed by atoms with Crippen molar-refractivity contribution in [1.82, 2.24) is 0 Å². The Kier molecular flexibility index (Phi) is 9.74. The molecule has 0 bridgehead atoms. The van der Waals surface area contributed by atoms with Crippen LogP contribution in [0, 0.1) is 11.8 Å². The molecule has 4 atom stereocenters. The van der Waals surface area contributed by atoms with Crippen molar-refractivity contribution in [3.8, 4) is 0 Å². The molecule has 0 aliphatic heterocycles. The second-order valence-corrected chi connectivity index (χ2v) is 6.66. The minimum Gasteiger partial charge on any atom is -0.381 e. The van der Waals surface area contributed by atoms with Gasteiger partial charge in [0.25, 0.3) is 0 Å². The van der Waals surface area contributed by atoms with Gasteiger partial charge in [-0.1, -0.05) is 50.0 Å². The van der Waals surface area contributed by atoms with Crippen LogP contribution in [0.4, 0.5) is 0 Å². The molecule has 1 aliphatic rings. The fourth-order valence-electron chi connectivity index (χ4n) is 3.94. The highest BCUT2D eigenvalue weighted by molar-refractivity contribution is 5.09. The fourth-order valence-corrected chi connectivity index (χ4v) is 3.94. The van der Waals surface area contributed by atoms with Gasteiger partial charge in [0.05, 0.1) is 12.2 Å². The van der Waals surface area contributed by atoms with Crippen LogP contribution in [0.1, 0.15) is 65.7 Å². The third kappa shape index (κ3) is 5.89. The van der Waals surface area contributed by atoms with Gasteiger partial charge in [-0.25, -0.2) is 0 Å². The van der Waals surface area contributed by atoms with Gasteiger partial charge in [0.15, 0.2) is 0 Å². The predicted molar refractivity (Wildman–Crippen MR) is 95.1 cm³/mol. The number of ether oxygens (including phenoxy) is 2. The molecular weight excluding hydrogens is 272 g/mol. The summed E-state index contributed by atoms with van der Waals surface area (Å²) >= 11 is 0. The third-order valence-corrected chi connectivity index (χ3v) is 5.23. The van der Waals surface area contributed by atoms with Gasteiger partial charge in [-0.3, -0.25) is 0 Å². The lowest BCUT2D eigenvalue weighted by atomic mass is 9.86. The maximum Gasteiger partial charge on any atom is 0.0627 e. The molecule has 0 heterocycles. The van der Waals surface area contributed by atoms with Crippen LogP contribution in [0.25, 0.3) is 0 Å². The highest BCUT2D eigenvalue weighted by atomic mass is 16.5. The summed E-state index contributed by atoms with van der Waals surface area (Å²) in [6.45, 7) is 6.58. The van der Waals surface area contributed by atoms with E-state index >= 15 is 0 Å². The average Bonchev–Trinajstić information content (AvgIpc) is 2.89. The van der Waals surface area contributed by atoms with Gasteiger partial charge in [0.2, 0.25) is 0 Å². The van der Waals surface area contributed by atoms with Gasteiger partial charge in [-0.15, -0.1) is 0 Å². The summed E-state index contributed by atoms with van der Waals surface area (Å²) in [5, 5.41) is 0. The summed E-state index contributed by atoms with van der Waals surface area (Å²) in [4.78, 5) is 0. The number of hydrogen-bond acceptors (Lipinski definition) is 2. The SMILES string of the molecule is C/C=C/C=C(\C)CCCCC[C@@H]1C(CC)[C@@H](OC)C[C@H]1OC. The number of allylic oxidation sites excluding steroid dienone is 4. The molecule has 1 aliphatic carbocycles. The van der Waals surface area contributed by atoms with Crippen molar-refractivity contribution in [2.75, 3.05) is 14.2 Å². The zero-order chi connectivity index (χ0) is 16.4. The minimum absolute atomic E-state index is 0.394. The van der Waals surface area contributed by atoms with Gasteiger partial charge in [0, 0.05) is 20.6 Å². The molecule has 1 unspecified atom stereocenters. The first-order chi connectivity index (χ1) is 10.7. The standard InChI is InChI=1S/C20H36O2/c1-6-8-12-16(3)13-10-9-11-14-18-17(7-2)19(21-4)15-20(18)22-5/h6,8,12,17-20H,7,9-11,13-15H2,1-5H3/b8-6+,16-12+/t17?,18-,19+,20-/m1/s1. The van der Waals surface area contributed by atoms with Crippen LogP contribution in [0.3, 0.4) is 0 Å². The predicted octanol–water partition coefficient (Wildman–Crippen LogP) is 5.54. The maximum atomic E-state index is 5.73.